The van der Waals surface area contributed by atoms with Crippen LogP contribution in [0.3, 0.4) is 0 Å². The van der Waals surface area contributed by atoms with Crippen molar-refractivity contribution in [3.8, 4) is 5.88 Å². The molecule has 0 spiro atoms. The van der Waals surface area contributed by atoms with Crippen LogP contribution >= 0.6 is 31.9 Å². The lowest BCUT2D eigenvalue weighted by Crippen LogP contribution is -1.97. The molecule has 16 heavy (non-hydrogen) atoms. The maximum atomic E-state index is 5.58. The lowest BCUT2D eigenvalue weighted by atomic mass is 10.2. The van der Waals surface area contributed by atoms with Crippen molar-refractivity contribution in [1.29, 1.82) is 0 Å². The smallest absolute Gasteiger partial charge is 0.214 e. The van der Waals surface area contributed by atoms with E-state index in [4.69, 9.17) is 4.74 Å². The molecule has 0 bridgehead atoms. The third kappa shape index (κ3) is 3.06. The lowest BCUT2D eigenvalue weighted by Gasteiger charge is -2.06. The Morgan fingerprint density at radius 2 is 1.81 bits per heavy atom. The van der Waals surface area contributed by atoms with Crippen molar-refractivity contribution >= 4 is 31.9 Å². The summed E-state index contributed by atoms with van der Waals surface area (Å²) in [5.74, 6) is 0.616. The van der Waals surface area contributed by atoms with Gasteiger partial charge in [0.25, 0.3) is 0 Å². The van der Waals surface area contributed by atoms with Crippen molar-refractivity contribution in [3.05, 3.63) is 57.1 Å². The van der Waals surface area contributed by atoms with Crippen LogP contribution in [0.2, 0.25) is 0 Å². The molecule has 0 radical (unpaired) electrons. The van der Waals surface area contributed by atoms with Gasteiger partial charge in [0.05, 0.1) is 0 Å². The fourth-order valence-electron chi connectivity index (χ4n) is 1.24. The molecule has 0 aliphatic rings. The van der Waals surface area contributed by atoms with E-state index in [0.717, 1.165) is 14.6 Å². The molecule has 0 aliphatic heterocycles. The van der Waals surface area contributed by atoms with Gasteiger partial charge < -0.3 is 4.74 Å². The summed E-state index contributed by atoms with van der Waals surface area (Å²) >= 11 is 6.78. The highest BCUT2D eigenvalue weighted by atomic mass is 79.9. The quantitative estimate of drug-likeness (QED) is 0.780. The zero-order valence-corrected chi connectivity index (χ0v) is 11.5. The number of ether oxygens (including phenoxy) is 1. The minimum atomic E-state index is 0.505. The molecule has 1 heterocycles. The molecule has 0 atom stereocenters. The monoisotopic (exact) mass is 341 g/mol. The van der Waals surface area contributed by atoms with Gasteiger partial charge in [-0.3, -0.25) is 0 Å². The second-order valence-electron chi connectivity index (χ2n) is 3.18. The van der Waals surface area contributed by atoms with E-state index in [1.807, 2.05) is 42.5 Å². The average molecular weight is 343 g/mol. The summed E-state index contributed by atoms with van der Waals surface area (Å²) in [6.07, 6.45) is 0. The number of hydrogen-bond acceptors (Lipinski definition) is 2. The number of halogens is 2. The van der Waals surface area contributed by atoms with Crippen molar-refractivity contribution in [2.75, 3.05) is 0 Å². The van der Waals surface area contributed by atoms with Gasteiger partial charge in [-0.15, -0.1) is 0 Å². The van der Waals surface area contributed by atoms with Gasteiger partial charge in [0, 0.05) is 16.1 Å². The first-order chi connectivity index (χ1) is 7.75. The Hall–Kier alpha value is -0.870. The third-order valence-electron chi connectivity index (χ3n) is 2.02. The van der Waals surface area contributed by atoms with E-state index >= 15 is 0 Å². The number of rotatable bonds is 3. The zero-order chi connectivity index (χ0) is 11.4. The van der Waals surface area contributed by atoms with E-state index < -0.39 is 0 Å². The number of benzene rings is 1. The van der Waals surface area contributed by atoms with E-state index in [9.17, 15) is 0 Å². The molecule has 2 nitrogen and oxygen atoms in total. The Morgan fingerprint density at radius 3 is 2.56 bits per heavy atom. The fourth-order valence-corrected chi connectivity index (χ4v) is 1.96. The van der Waals surface area contributed by atoms with Gasteiger partial charge in [-0.2, -0.15) is 0 Å². The molecule has 1 aromatic carbocycles. The molecular weight excluding hydrogens is 334 g/mol. The number of pyridine rings is 1. The standard InChI is InChI=1S/C12H9Br2NO/c13-10-5-2-1-4-9(10)8-16-12-7-3-6-11(14)15-12/h1-7H,8H2. The summed E-state index contributed by atoms with van der Waals surface area (Å²) in [4.78, 5) is 4.20. The lowest BCUT2D eigenvalue weighted by molar-refractivity contribution is 0.292. The van der Waals surface area contributed by atoms with E-state index in [1.165, 1.54) is 0 Å². The molecule has 0 saturated carbocycles. The molecule has 2 aromatic rings. The summed E-state index contributed by atoms with van der Waals surface area (Å²) in [5, 5.41) is 0. The van der Waals surface area contributed by atoms with E-state index in [0.29, 0.717) is 12.5 Å². The molecule has 0 fully saturated rings. The molecule has 0 amide bonds. The zero-order valence-electron chi connectivity index (χ0n) is 8.36. The van der Waals surface area contributed by atoms with Gasteiger partial charge in [0.2, 0.25) is 5.88 Å². The highest BCUT2D eigenvalue weighted by molar-refractivity contribution is 9.10. The predicted octanol–water partition coefficient (Wildman–Crippen LogP) is 4.19. The summed E-state index contributed by atoms with van der Waals surface area (Å²) in [7, 11) is 0. The van der Waals surface area contributed by atoms with Gasteiger partial charge in [0.15, 0.2) is 0 Å². The molecule has 0 N–H and O–H groups in total. The van der Waals surface area contributed by atoms with E-state index in [-0.39, 0.29) is 0 Å². The van der Waals surface area contributed by atoms with E-state index in [1.54, 1.807) is 0 Å². The minimum absolute atomic E-state index is 0.505. The number of nitrogens with zero attached hydrogens (tertiary/aromatic N) is 1. The Balaban J connectivity index is 2.05. The van der Waals surface area contributed by atoms with E-state index in [2.05, 4.69) is 36.8 Å². The van der Waals surface area contributed by atoms with Gasteiger partial charge in [-0.1, -0.05) is 40.2 Å². The average Bonchev–Trinajstić information content (AvgIpc) is 2.28. The first kappa shape index (κ1) is 11.6. The summed E-state index contributed by atoms with van der Waals surface area (Å²) in [6.45, 7) is 0.505. The van der Waals surface area contributed by atoms with Crippen LogP contribution in [0.25, 0.3) is 0 Å². The van der Waals surface area contributed by atoms with Gasteiger partial charge in [-0.25, -0.2) is 4.98 Å². The van der Waals surface area contributed by atoms with Crippen LogP contribution in [0, 0.1) is 0 Å². The van der Waals surface area contributed by atoms with Crippen LogP contribution in [0.15, 0.2) is 51.5 Å². The SMILES string of the molecule is Brc1cccc(OCc2ccccc2Br)n1. The van der Waals surface area contributed by atoms with Crippen molar-refractivity contribution in [1.82, 2.24) is 4.98 Å². The van der Waals surface area contributed by atoms with Gasteiger partial charge in [-0.05, 0) is 28.1 Å². The molecule has 1 aromatic heterocycles. The predicted molar refractivity (Wildman–Crippen MR) is 70.4 cm³/mol. The molecule has 0 aliphatic carbocycles. The van der Waals surface area contributed by atoms with Gasteiger partial charge >= 0.3 is 0 Å². The number of hydrogen-bond donors (Lipinski definition) is 0. The summed E-state index contributed by atoms with van der Waals surface area (Å²) in [6, 6.07) is 13.6. The summed E-state index contributed by atoms with van der Waals surface area (Å²) < 4.78 is 7.40. The molecule has 0 unspecified atom stereocenters. The molecule has 2 rings (SSSR count). The van der Waals surface area contributed by atoms with Crippen LogP contribution < -0.4 is 4.74 Å². The molecular formula is C12H9Br2NO. The molecule has 0 saturated heterocycles. The van der Waals surface area contributed by atoms with Crippen molar-refractivity contribution < 1.29 is 4.74 Å². The van der Waals surface area contributed by atoms with Crippen molar-refractivity contribution in [2.45, 2.75) is 6.61 Å². The Kier molecular flexibility index (Phi) is 3.96. The van der Waals surface area contributed by atoms with Crippen LogP contribution in [0.5, 0.6) is 5.88 Å². The van der Waals surface area contributed by atoms with Crippen LogP contribution in [0.4, 0.5) is 0 Å². The first-order valence-electron chi connectivity index (χ1n) is 4.74. The third-order valence-corrected chi connectivity index (χ3v) is 3.24. The maximum Gasteiger partial charge on any atom is 0.214 e. The van der Waals surface area contributed by atoms with Crippen LogP contribution in [-0.2, 0) is 6.61 Å². The van der Waals surface area contributed by atoms with Crippen LogP contribution in [-0.4, -0.2) is 4.98 Å². The first-order valence-corrected chi connectivity index (χ1v) is 6.33. The molecule has 4 heteroatoms. The normalized spacial score (nSPS) is 10.1. The number of aromatic nitrogens is 1. The second-order valence-corrected chi connectivity index (χ2v) is 4.85. The Bertz CT molecular complexity index is 488. The van der Waals surface area contributed by atoms with Crippen LogP contribution in [0.1, 0.15) is 5.56 Å². The summed E-state index contributed by atoms with van der Waals surface area (Å²) in [5.41, 5.74) is 1.10. The van der Waals surface area contributed by atoms with Gasteiger partial charge in [0.1, 0.15) is 11.2 Å². The maximum absolute atomic E-state index is 5.58. The largest absolute Gasteiger partial charge is 0.473 e. The highest BCUT2D eigenvalue weighted by Gasteiger charge is 2.00. The van der Waals surface area contributed by atoms with Crippen molar-refractivity contribution in [3.63, 3.8) is 0 Å². The Labute approximate surface area is 111 Å². The molecule has 82 valence electrons. The van der Waals surface area contributed by atoms with Crippen molar-refractivity contribution in [2.24, 2.45) is 0 Å². The fraction of sp³-hybridized carbons (Fsp3) is 0.0833. The Morgan fingerprint density at radius 1 is 1.00 bits per heavy atom. The topological polar surface area (TPSA) is 22.1 Å². The second kappa shape index (κ2) is 5.46. The minimum Gasteiger partial charge on any atom is -0.473 e. The highest BCUT2D eigenvalue weighted by Crippen LogP contribution is 2.18.